The molecule has 0 radical (unpaired) electrons. The monoisotopic (exact) mass is 388 g/mol. The van der Waals surface area contributed by atoms with Crippen molar-refractivity contribution in [2.75, 3.05) is 25.0 Å². The molecule has 0 unspecified atom stereocenters. The molecule has 0 spiro atoms. The fraction of sp³-hybridized carbons (Fsp3) is 0.450. The highest BCUT2D eigenvalue weighted by molar-refractivity contribution is 6.32. The van der Waals surface area contributed by atoms with Crippen LogP contribution in [0.2, 0.25) is 5.02 Å². The summed E-state index contributed by atoms with van der Waals surface area (Å²) in [5.41, 5.74) is 2.81. The molecule has 1 aliphatic rings. The summed E-state index contributed by atoms with van der Waals surface area (Å²) in [5.74, 6) is 0.896. The number of hydrogen-bond acceptors (Lipinski definition) is 4. The molecule has 1 N–H and O–H groups in total. The Labute approximate surface area is 164 Å². The van der Waals surface area contributed by atoms with Crippen LogP contribution in [0.1, 0.15) is 43.4 Å². The third-order valence-corrected chi connectivity index (χ3v) is 5.06. The second-order valence-corrected chi connectivity index (χ2v) is 7.15. The molecule has 144 valence electrons. The van der Waals surface area contributed by atoms with Gasteiger partial charge in [0, 0.05) is 30.9 Å². The highest BCUT2D eigenvalue weighted by Crippen LogP contribution is 2.34. The standard InChI is InChI=1S/C20H25ClN4O2/c1-3-11-27-19-16(21)5-4-6-17(19)24-20(26)25-9-7-15(8-10-25)18-14(2)12-22-13-23-18/h4-6,12-13,15H,3,7-11H2,1-2H3,(H,24,26). The molecule has 2 amide bonds. The first-order valence-corrected chi connectivity index (χ1v) is 9.71. The van der Waals surface area contributed by atoms with E-state index < -0.39 is 0 Å². The van der Waals surface area contributed by atoms with Crippen molar-refractivity contribution in [2.24, 2.45) is 0 Å². The van der Waals surface area contributed by atoms with Gasteiger partial charge in [0.1, 0.15) is 6.33 Å². The zero-order valence-corrected chi connectivity index (χ0v) is 16.5. The van der Waals surface area contributed by atoms with E-state index in [-0.39, 0.29) is 6.03 Å². The SMILES string of the molecule is CCCOc1c(Cl)cccc1NC(=O)N1CCC(c2ncncc2C)CC1. The van der Waals surface area contributed by atoms with Crippen molar-refractivity contribution >= 4 is 23.3 Å². The molecule has 0 aliphatic carbocycles. The number of aryl methyl sites for hydroxylation is 1. The molecule has 1 saturated heterocycles. The maximum atomic E-state index is 12.7. The molecule has 3 rings (SSSR count). The van der Waals surface area contributed by atoms with Crippen molar-refractivity contribution in [3.63, 3.8) is 0 Å². The maximum absolute atomic E-state index is 12.7. The minimum absolute atomic E-state index is 0.128. The third kappa shape index (κ3) is 4.69. The number of carbonyl (C=O) groups is 1. The van der Waals surface area contributed by atoms with Gasteiger partial charge in [-0.1, -0.05) is 24.6 Å². The van der Waals surface area contributed by atoms with Crippen LogP contribution in [0, 0.1) is 6.92 Å². The Balaban J connectivity index is 1.62. The molecule has 27 heavy (non-hydrogen) atoms. The summed E-state index contributed by atoms with van der Waals surface area (Å²) >= 11 is 6.23. The Morgan fingerprint density at radius 1 is 1.37 bits per heavy atom. The van der Waals surface area contributed by atoms with Gasteiger partial charge in [-0.3, -0.25) is 0 Å². The summed E-state index contributed by atoms with van der Waals surface area (Å²) in [6, 6.07) is 5.25. The van der Waals surface area contributed by atoms with E-state index in [1.54, 1.807) is 18.5 Å². The van der Waals surface area contributed by atoms with Gasteiger partial charge in [-0.25, -0.2) is 14.8 Å². The fourth-order valence-corrected chi connectivity index (χ4v) is 3.57. The number of halogens is 1. The van der Waals surface area contributed by atoms with E-state index >= 15 is 0 Å². The minimum Gasteiger partial charge on any atom is -0.490 e. The largest absolute Gasteiger partial charge is 0.490 e. The fourth-order valence-electron chi connectivity index (χ4n) is 3.34. The van der Waals surface area contributed by atoms with Crippen LogP contribution in [0.3, 0.4) is 0 Å². The number of para-hydroxylation sites is 1. The smallest absolute Gasteiger partial charge is 0.321 e. The molecule has 0 saturated carbocycles. The number of piperidine rings is 1. The van der Waals surface area contributed by atoms with Crippen LogP contribution >= 0.6 is 11.6 Å². The molecule has 1 fully saturated rings. The Morgan fingerprint density at radius 2 is 2.15 bits per heavy atom. The number of urea groups is 1. The number of benzene rings is 1. The number of anilines is 1. The first-order valence-electron chi connectivity index (χ1n) is 9.34. The van der Waals surface area contributed by atoms with Gasteiger partial charge in [0.2, 0.25) is 0 Å². The van der Waals surface area contributed by atoms with E-state index in [0.717, 1.165) is 30.5 Å². The van der Waals surface area contributed by atoms with Crippen molar-refractivity contribution in [3.8, 4) is 5.75 Å². The normalized spacial score (nSPS) is 14.9. The number of likely N-dealkylation sites (tertiary alicyclic amines) is 1. The first kappa shape index (κ1) is 19.4. The number of nitrogens with zero attached hydrogens (tertiary/aromatic N) is 3. The lowest BCUT2D eigenvalue weighted by Gasteiger charge is -2.32. The summed E-state index contributed by atoms with van der Waals surface area (Å²) in [4.78, 5) is 23.0. The number of aromatic nitrogens is 2. The van der Waals surface area contributed by atoms with Crippen molar-refractivity contribution in [1.82, 2.24) is 14.9 Å². The van der Waals surface area contributed by atoms with Gasteiger partial charge < -0.3 is 15.0 Å². The van der Waals surface area contributed by atoms with Crippen LogP contribution < -0.4 is 10.1 Å². The summed E-state index contributed by atoms with van der Waals surface area (Å²) in [7, 11) is 0. The van der Waals surface area contributed by atoms with Gasteiger partial charge >= 0.3 is 6.03 Å². The van der Waals surface area contributed by atoms with Crippen LogP contribution in [0.15, 0.2) is 30.7 Å². The third-order valence-electron chi connectivity index (χ3n) is 4.76. The minimum atomic E-state index is -0.128. The van der Waals surface area contributed by atoms with E-state index in [4.69, 9.17) is 16.3 Å². The summed E-state index contributed by atoms with van der Waals surface area (Å²) in [5, 5.41) is 3.45. The number of rotatable bonds is 5. The number of carbonyl (C=O) groups excluding carboxylic acids is 1. The van der Waals surface area contributed by atoms with Gasteiger partial charge in [0.25, 0.3) is 0 Å². The number of nitrogens with one attached hydrogen (secondary N) is 1. The Morgan fingerprint density at radius 3 is 2.85 bits per heavy atom. The van der Waals surface area contributed by atoms with Crippen molar-refractivity contribution in [2.45, 2.75) is 39.0 Å². The topological polar surface area (TPSA) is 67.3 Å². The highest BCUT2D eigenvalue weighted by atomic mass is 35.5. The lowest BCUT2D eigenvalue weighted by Crippen LogP contribution is -2.40. The van der Waals surface area contributed by atoms with E-state index in [9.17, 15) is 4.79 Å². The van der Waals surface area contributed by atoms with Crippen LogP contribution in [0.5, 0.6) is 5.75 Å². The molecule has 0 bridgehead atoms. The zero-order valence-electron chi connectivity index (χ0n) is 15.7. The summed E-state index contributed by atoms with van der Waals surface area (Å²) < 4.78 is 5.71. The molecule has 7 heteroatoms. The molecule has 2 heterocycles. The number of amides is 2. The van der Waals surface area contributed by atoms with Crippen LogP contribution in [-0.4, -0.2) is 40.6 Å². The van der Waals surface area contributed by atoms with E-state index in [2.05, 4.69) is 15.3 Å². The van der Waals surface area contributed by atoms with Gasteiger partial charge in [-0.15, -0.1) is 0 Å². The second kappa shape index (κ2) is 9.04. The van der Waals surface area contributed by atoms with Crippen LogP contribution in [0.4, 0.5) is 10.5 Å². The average molecular weight is 389 g/mol. The number of hydrogen-bond donors (Lipinski definition) is 1. The second-order valence-electron chi connectivity index (χ2n) is 6.75. The van der Waals surface area contributed by atoms with Gasteiger partial charge in [0.15, 0.2) is 5.75 Å². The average Bonchev–Trinajstić information content (AvgIpc) is 2.68. The summed E-state index contributed by atoms with van der Waals surface area (Å²) in [6.07, 6.45) is 6.09. The molecular weight excluding hydrogens is 364 g/mol. The molecule has 1 aromatic carbocycles. The lowest BCUT2D eigenvalue weighted by atomic mass is 9.91. The molecule has 1 aliphatic heterocycles. The predicted octanol–water partition coefficient (Wildman–Crippen LogP) is 4.64. The Bertz CT molecular complexity index is 791. The molecular formula is C20H25ClN4O2. The molecule has 0 atom stereocenters. The van der Waals surface area contributed by atoms with Gasteiger partial charge in [0.05, 0.1) is 17.3 Å². The van der Waals surface area contributed by atoms with E-state index in [0.29, 0.717) is 42.1 Å². The quantitative estimate of drug-likeness (QED) is 0.810. The summed E-state index contributed by atoms with van der Waals surface area (Å²) in [6.45, 7) is 5.98. The maximum Gasteiger partial charge on any atom is 0.321 e. The van der Waals surface area contributed by atoms with Crippen LogP contribution in [0.25, 0.3) is 0 Å². The molecule has 6 nitrogen and oxygen atoms in total. The van der Waals surface area contributed by atoms with Crippen molar-refractivity contribution in [1.29, 1.82) is 0 Å². The van der Waals surface area contributed by atoms with Gasteiger partial charge in [-0.2, -0.15) is 0 Å². The van der Waals surface area contributed by atoms with Crippen LogP contribution in [-0.2, 0) is 0 Å². The lowest BCUT2D eigenvalue weighted by molar-refractivity contribution is 0.194. The predicted molar refractivity (Wildman–Crippen MR) is 107 cm³/mol. The first-order chi connectivity index (χ1) is 13.1. The van der Waals surface area contributed by atoms with Crippen molar-refractivity contribution in [3.05, 3.63) is 47.0 Å². The van der Waals surface area contributed by atoms with Crippen molar-refractivity contribution < 1.29 is 9.53 Å². The Kier molecular flexibility index (Phi) is 6.50. The van der Waals surface area contributed by atoms with E-state index in [1.807, 2.05) is 31.0 Å². The highest BCUT2D eigenvalue weighted by Gasteiger charge is 2.26. The Hall–Kier alpha value is -2.34. The van der Waals surface area contributed by atoms with Gasteiger partial charge in [-0.05, 0) is 43.9 Å². The van der Waals surface area contributed by atoms with E-state index in [1.165, 1.54) is 0 Å². The number of ether oxygens (including phenoxy) is 1. The molecule has 2 aromatic rings. The molecule has 1 aromatic heterocycles. The zero-order chi connectivity index (χ0) is 19.2.